The van der Waals surface area contributed by atoms with Crippen molar-refractivity contribution in [3.8, 4) is 0 Å². The van der Waals surface area contributed by atoms with E-state index in [1.165, 1.54) is 0 Å². The fourth-order valence-corrected chi connectivity index (χ4v) is 3.30. The Balaban J connectivity index is 2.29. The lowest BCUT2D eigenvalue weighted by atomic mass is 10.0. The lowest BCUT2D eigenvalue weighted by Gasteiger charge is -2.23. The van der Waals surface area contributed by atoms with Gasteiger partial charge in [-0.3, -0.25) is 10.1 Å². The molecule has 1 aliphatic rings. The van der Waals surface area contributed by atoms with Crippen LogP contribution in [0.25, 0.3) is 0 Å². The molecule has 7 nitrogen and oxygen atoms in total. The Hall–Kier alpha value is -1.81. The lowest BCUT2D eigenvalue weighted by Crippen LogP contribution is -2.33. The van der Waals surface area contributed by atoms with E-state index in [9.17, 15) is 32.4 Å². The summed E-state index contributed by atoms with van der Waals surface area (Å²) in [6.07, 6.45) is 2.83. The minimum absolute atomic E-state index is 0.0245. The van der Waals surface area contributed by atoms with Crippen molar-refractivity contribution >= 4 is 21.2 Å². The SMILES string of the molecule is O=[N+]([O-])c1cc(S(=O)(=O)C(F)F)ccc1NCC1(O)CCCC1. The van der Waals surface area contributed by atoms with E-state index in [1.807, 2.05) is 0 Å². The Morgan fingerprint density at radius 1 is 1.35 bits per heavy atom. The van der Waals surface area contributed by atoms with E-state index in [1.54, 1.807) is 0 Å². The van der Waals surface area contributed by atoms with Crippen LogP contribution in [0.3, 0.4) is 0 Å². The number of hydrogen-bond donors (Lipinski definition) is 2. The third-order valence-corrected chi connectivity index (χ3v) is 5.25. The number of hydrogen-bond acceptors (Lipinski definition) is 6. The topological polar surface area (TPSA) is 110 Å². The Labute approximate surface area is 131 Å². The van der Waals surface area contributed by atoms with Crippen molar-refractivity contribution in [2.45, 2.75) is 41.9 Å². The summed E-state index contributed by atoms with van der Waals surface area (Å²) in [4.78, 5) is 9.40. The zero-order valence-electron chi connectivity index (χ0n) is 12.0. The summed E-state index contributed by atoms with van der Waals surface area (Å²) in [6.45, 7) is 0.0643. The van der Waals surface area contributed by atoms with Gasteiger partial charge >= 0.3 is 5.76 Å². The van der Waals surface area contributed by atoms with Gasteiger partial charge in [-0.25, -0.2) is 8.42 Å². The zero-order chi connectivity index (χ0) is 17.3. The molecule has 1 aromatic rings. The molecule has 10 heteroatoms. The van der Waals surface area contributed by atoms with Crippen molar-refractivity contribution in [3.63, 3.8) is 0 Å². The van der Waals surface area contributed by atoms with Crippen LogP contribution in [0.15, 0.2) is 23.1 Å². The Bertz CT molecular complexity index is 702. The van der Waals surface area contributed by atoms with Crippen LogP contribution in [0.5, 0.6) is 0 Å². The Morgan fingerprint density at radius 2 is 1.96 bits per heavy atom. The van der Waals surface area contributed by atoms with E-state index in [-0.39, 0.29) is 12.2 Å². The minimum atomic E-state index is -4.91. The van der Waals surface area contributed by atoms with E-state index >= 15 is 0 Å². The number of halogens is 2. The van der Waals surface area contributed by atoms with Crippen LogP contribution in [0.2, 0.25) is 0 Å². The van der Waals surface area contributed by atoms with E-state index in [0.29, 0.717) is 18.9 Å². The van der Waals surface area contributed by atoms with Gasteiger partial charge in [0.2, 0.25) is 9.84 Å². The van der Waals surface area contributed by atoms with Crippen molar-refractivity contribution in [2.24, 2.45) is 0 Å². The number of rotatable bonds is 6. The van der Waals surface area contributed by atoms with Crippen LogP contribution < -0.4 is 5.32 Å². The molecule has 1 aliphatic carbocycles. The summed E-state index contributed by atoms with van der Waals surface area (Å²) < 4.78 is 47.9. The highest BCUT2D eigenvalue weighted by Crippen LogP contribution is 2.33. The fourth-order valence-electron chi connectivity index (χ4n) is 2.56. The summed E-state index contributed by atoms with van der Waals surface area (Å²) >= 11 is 0. The normalized spacial score (nSPS) is 17.4. The molecule has 2 rings (SSSR count). The third-order valence-electron chi connectivity index (χ3n) is 3.87. The molecule has 0 aliphatic heterocycles. The first-order chi connectivity index (χ1) is 10.7. The van der Waals surface area contributed by atoms with Gasteiger partial charge < -0.3 is 10.4 Å². The molecular weight excluding hydrogens is 334 g/mol. The van der Waals surface area contributed by atoms with Gasteiger partial charge in [0.05, 0.1) is 15.4 Å². The number of sulfone groups is 1. The van der Waals surface area contributed by atoms with Crippen molar-refractivity contribution in [2.75, 3.05) is 11.9 Å². The summed E-state index contributed by atoms with van der Waals surface area (Å²) in [5.74, 6) is -3.65. The van der Waals surface area contributed by atoms with Crippen molar-refractivity contribution in [1.29, 1.82) is 0 Å². The van der Waals surface area contributed by atoms with Gasteiger partial charge in [-0.05, 0) is 25.0 Å². The average molecular weight is 350 g/mol. The molecule has 0 aromatic heterocycles. The van der Waals surface area contributed by atoms with E-state index in [4.69, 9.17) is 0 Å². The number of aliphatic hydroxyl groups is 1. The van der Waals surface area contributed by atoms with Gasteiger partial charge in [0, 0.05) is 12.6 Å². The van der Waals surface area contributed by atoms with Crippen molar-refractivity contribution < 1.29 is 27.2 Å². The van der Waals surface area contributed by atoms with Crippen LogP contribution in [-0.4, -0.2) is 36.4 Å². The number of benzene rings is 1. The lowest BCUT2D eigenvalue weighted by molar-refractivity contribution is -0.384. The second-order valence-corrected chi connectivity index (χ2v) is 7.44. The number of anilines is 1. The maximum atomic E-state index is 12.5. The second-order valence-electron chi connectivity index (χ2n) is 5.53. The van der Waals surface area contributed by atoms with Gasteiger partial charge in [0.15, 0.2) is 0 Å². The molecule has 0 amide bonds. The first-order valence-corrected chi connectivity index (χ1v) is 8.47. The molecule has 0 saturated heterocycles. The van der Waals surface area contributed by atoms with Gasteiger partial charge in [0.25, 0.3) is 5.69 Å². The van der Waals surface area contributed by atoms with Crippen LogP contribution in [-0.2, 0) is 9.84 Å². The molecule has 1 aromatic carbocycles. The largest absolute Gasteiger partial charge is 0.388 e. The number of nitrogens with zero attached hydrogens (tertiary/aromatic N) is 1. The molecule has 0 heterocycles. The first kappa shape index (κ1) is 17.5. The molecular formula is C13H16F2N2O5S. The molecule has 2 N–H and O–H groups in total. The molecule has 0 atom stereocenters. The fraction of sp³-hybridized carbons (Fsp3) is 0.538. The molecule has 0 radical (unpaired) electrons. The van der Waals surface area contributed by atoms with Crippen LogP contribution in [0.4, 0.5) is 20.2 Å². The number of nitro benzene ring substituents is 1. The molecule has 0 unspecified atom stereocenters. The summed E-state index contributed by atoms with van der Waals surface area (Å²) in [5.41, 5.74) is -1.63. The second kappa shape index (κ2) is 6.36. The predicted octanol–water partition coefficient (Wildman–Crippen LogP) is 2.31. The first-order valence-electron chi connectivity index (χ1n) is 6.92. The van der Waals surface area contributed by atoms with Crippen molar-refractivity contribution in [3.05, 3.63) is 28.3 Å². The molecule has 0 bridgehead atoms. The number of nitro groups is 1. The van der Waals surface area contributed by atoms with Gasteiger partial charge in [-0.1, -0.05) is 12.8 Å². The van der Waals surface area contributed by atoms with Gasteiger partial charge in [-0.15, -0.1) is 0 Å². The number of nitrogens with one attached hydrogen (secondary N) is 1. The maximum Gasteiger partial charge on any atom is 0.341 e. The number of alkyl halides is 2. The molecule has 128 valence electrons. The summed E-state index contributed by atoms with van der Waals surface area (Å²) in [7, 11) is -4.91. The van der Waals surface area contributed by atoms with Crippen LogP contribution in [0, 0.1) is 10.1 Å². The molecule has 1 fully saturated rings. The van der Waals surface area contributed by atoms with E-state index in [2.05, 4.69) is 5.32 Å². The van der Waals surface area contributed by atoms with E-state index < -0.39 is 36.7 Å². The smallest absolute Gasteiger partial charge is 0.341 e. The highest BCUT2D eigenvalue weighted by molar-refractivity contribution is 7.91. The van der Waals surface area contributed by atoms with E-state index in [0.717, 1.165) is 25.0 Å². The maximum absolute atomic E-state index is 12.5. The quantitative estimate of drug-likeness (QED) is 0.602. The van der Waals surface area contributed by atoms with Gasteiger partial charge in [-0.2, -0.15) is 8.78 Å². The monoisotopic (exact) mass is 350 g/mol. The van der Waals surface area contributed by atoms with Crippen molar-refractivity contribution in [1.82, 2.24) is 0 Å². The summed E-state index contributed by atoms with van der Waals surface area (Å²) in [5, 5.41) is 24.0. The highest BCUT2D eigenvalue weighted by atomic mass is 32.2. The molecule has 0 spiro atoms. The minimum Gasteiger partial charge on any atom is -0.388 e. The standard InChI is InChI=1S/C13H16F2N2O5S/c14-12(15)23(21,22)9-3-4-10(11(7-9)17(19)20)16-8-13(18)5-1-2-6-13/h3-4,7,12,16,18H,1-2,5-6,8H2. The zero-order valence-corrected chi connectivity index (χ0v) is 12.9. The highest BCUT2D eigenvalue weighted by Gasteiger charge is 2.32. The average Bonchev–Trinajstić information content (AvgIpc) is 2.92. The predicted molar refractivity (Wildman–Crippen MR) is 78.2 cm³/mol. The van der Waals surface area contributed by atoms with Crippen LogP contribution >= 0.6 is 0 Å². The summed E-state index contributed by atoms with van der Waals surface area (Å²) in [6, 6.07) is 2.55. The Morgan fingerprint density at radius 3 is 2.48 bits per heavy atom. The Kier molecular flexibility index (Phi) is 4.85. The van der Waals surface area contributed by atoms with Crippen LogP contribution in [0.1, 0.15) is 25.7 Å². The van der Waals surface area contributed by atoms with Gasteiger partial charge in [0.1, 0.15) is 5.69 Å². The third kappa shape index (κ3) is 3.75. The molecule has 23 heavy (non-hydrogen) atoms. The molecule has 1 saturated carbocycles.